The van der Waals surface area contributed by atoms with Gasteiger partial charge in [0.05, 0.1) is 0 Å². The minimum absolute atomic E-state index is 0.269. The highest BCUT2D eigenvalue weighted by atomic mass is 35.5. The maximum atomic E-state index is 10.5. The third kappa shape index (κ3) is 8.01. The van der Waals surface area contributed by atoms with Crippen molar-refractivity contribution in [2.24, 2.45) is 0 Å². The van der Waals surface area contributed by atoms with Crippen molar-refractivity contribution in [3.63, 3.8) is 0 Å². The van der Waals surface area contributed by atoms with E-state index < -0.39 is 0 Å². The fraction of sp³-hybridized carbons (Fsp3) is 0.417. The van der Waals surface area contributed by atoms with Crippen molar-refractivity contribution in [1.29, 1.82) is 0 Å². The van der Waals surface area contributed by atoms with Crippen LogP contribution in [0.2, 0.25) is 0 Å². The second-order valence-corrected chi connectivity index (χ2v) is 3.80. The molecule has 0 atom stereocenters. The lowest BCUT2D eigenvalue weighted by Crippen LogP contribution is -1.98. The molecule has 0 aliphatic heterocycles. The number of allylic oxidation sites excluding steroid dienone is 4. The number of hydrogen-bond acceptors (Lipinski definition) is 2. The van der Waals surface area contributed by atoms with E-state index in [0.717, 1.165) is 17.6 Å². The predicted octanol–water partition coefficient (Wildman–Crippen LogP) is 3.58. The molecule has 3 heteroatoms. The van der Waals surface area contributed by atoms with Gasteiger partial charge in [0.25, 0.3) is 0 Å². The van der Waals surface area contributed by atoms with Gasteiger partial charge in [-0.05, 0) is 31.9 Å². The zero-order valence-corrected chi connectivity index (χ0v) is 10.2. The first kappa shape index (κ1) is 14.0. The number of esters is 1. The van der Waals surface area contributed by atoms with Crippen LogP contribution in [0.1, 0.15) is 27.2 Å². The van der Waals surface area contributed by atoms with Crippen LogP contribution >= 0.6 is 11.6 Å². The van der Waals surface area contributed by atoms with Crippen LogP contribution in [-0.4, -0.2) is 12.6 Å². The van der Waals surface area contributed by atoms with Crippen LogP contribution in [0.25, 0.3) is 0 Å². The van der Waals surface area contributed by atoms with E-state index >= 15 is 0 Å². The van der Waals surface area contributed by atoms with E-state index in [1.165, 1.54) is 6.92 Å². The molecule has 0 aliphatic rings. The maximum Gasteiger partial charge on any atom is 0.302 e. The maximum absolute atomic E-state index is 10.5. The van der Waals surface area contributed by atoms with Gasteiger partial charge in [0.15, 0.2) is 0 Å². The highest BCUT2D eigenvalue weighted by molar-refractivity contribution is 6.31. The quantitative estimate of drug-likeness (QED) is 0.408. The van der Waals surface area contributed by atoms with Crippen LogP contribution in [0.5, 0.6) is 0 Å². The van der Waals surface area contributed by atoms with Crippen molar-refractivity contribution < 1.29 is 9.53 Å². The summed E-state index contributed by atoms with van der Waals surface area (Å²) in [6, 6.07) is 0. The van der Waals surface area contributed by atoms with E-state index in [0.29, 0.717) is 11.6 Å². The number of ether oxygens (including phenoxy) is 1. The van der Waals surface area contributed by atoms with Gasteiger partial charge in [-0.3, -0.25) is 4.79 Å². The SMILES string of the molecule is C=C(C)/C(Cl)=C/C/C(C)=C/COC(C)=O. The zero-order chi connectivity index (χ0) is 11.8. The summed E-state index contributed by atoms with van der Waals surface area (Å²) in [4.78, 5) is 10.5. The average molecular weight is 229 g/mol. The Hall–Kier alpha value is -1.02. The normalized spacial score (nSPS) is 12.5. The first-order valence-corrected chi connectivity index (χ1v) is 5.11. The van der Waals surface area contributed by atoms with Crippen molar-refractivity contribution in [2.45, 2.75) is 27.2 Å². The largest absolute Gasteiger partial charge is 0.462 e. The number of rotatable bonds is 5. The fourth-order valence-corrected chi connectivity index (χ4v) is 0.887. The molecule has 0 aromatic rings. The van der Waals surface area contributed by atoms with E-state index in [9.17, 15) is 4.79 Å². The molecule has 0 aromatic carbocycles. The van der Waals surface area contributed by atoms with E-state index in [1.54, 1.807) is 0 Å². The minimum Gasteiger partial charge on any atom is -0.462 e. The van der Waals surface area contributed by atoms with E-state index in [4.69, 9.17) is 16.3 Å². The number of hydrogen-bond donors (Lipinski definition) is 0. The van der Waals surface area contributed by atoms with Crippen molar-refractivity contribution >= 4 is 17.6 Å². The van der Waals surface area contributed by atoms with Gasteiger partial charge in [0.1, 0.15) is 6.61 Å². The molecule has 2 nitrogen and oxygen atoms in total. The Morgan fingerprint density at radius 2 is 1.93 bits per heavy atom. The summed E-state index contributed by atoms with van der Waals surface area (Å²) in [5, 5.41) is 0.676. The van der Waals surface area contributed by atoms with Crippen LogP contribution in [-0.2, 0) is 9.53 Å². The number of carbonyl (C=O) groups is 1. The molecule has 0 spiro atoms. The van der Waals surface area contributed by atoms with Crippen molar-refractivity contribution in [3.8, 4) is 0 Å². The minimum atomic E-state index is -0.269. The van der Waals surface area contributed by atoms with Crippen LogP contribution in [0, 0.1) is 0 Å². The molecule has 0 saturated heterocycles. The lowest BCUT2D eigenvalue weighted by atomic mass is 10.2. The standard InChI is InChI=1S/C12H17ClO2/c1-9(2)12(13)6-5-10(3)7-8-15-11(4)14/h6-7H,1,5,8H2,2-4H3/b10-7+,12-6-. The molecule has 0 saturated carbocycles. The summed E-state index contributed by atoms with van der Waals surface area (Å²) in [6.45, 7) is 9.26. The lowest BCUT2D eigenvalue weighted by Gasteiger charge is -2.00. The van der Waals surface area contributed by atoms with Crippen LogP contribution < -0.4 is 0 Å². The van der Waals surface area contributed by atoms with Gasteiger partial charge in [-0.2, -0.15) is 0 Å². The molecule has 0 bridgehead atoms. The molecule has 0 radical (unpaired) electrons. The lowest BCUT2D eigenvalue weighted by molar-refractivity contribution is -0.139. The second-order valence-electron chi connectivity index (χ2n) is 3.39. The molecular weight excluding hydrogens is 212 g/mol. The molecule has 0 unspecified atom stereocenters. The van der Waals surface area contributed by atoms with Gasteiger partial charge < -0.3 is 4.74 Å². The second kappa shape index (κ2) is 7.30. The predicted molar refractivity (Wildman–Crippen MR) is 63.8 cm³/mol. The van der Waals surface area contributed by atoms with Gasteiger partial charge in [-0.25, -0.2) is 0 Å². The Labute approximate surface area is 96.3 Å². The smallest absolute Gasteiger partial charge is 0.302 e. The van der Waals surface area contributed by atoms with Gasteiger partial charge in [-0.15, -0.1) is 0 Å². The summed E-state index contributed by atoms with van der Waals surface area (Å²) in [5.74, 6) is -0.269. The topological polar surface area (TPSA) is 26.3 Å². The first-order valence-electron chi connectivity index (χ1n) is 4.74. The van der Waals surface area contributed by atoms with Crippen LogP contribution in [0.3, 0.4) is 0 Å². The Morgan fingerprint density at radius 3 is 2.40 bits per heavy atom. The van der Waals surface area contributed by atoms with Gasteiger partial charge >= 0.3 is 5.97 Å². The third-order valence-electron chi connectivity index (χ3n) is 1.73. The van der Waals surface area contributed by atoms with Gasteiger partial charge in [-0.1, -0.05) is 29.8 Å². The van der Waals surface area contributed by atoms with E-state index in [-0.39, 0.29) is 5.97 Å². The Balaban J connectivity index is 4.02. The summed E-state index contributed by atoms with van der Waals surface area (Å²) in [6.07, 6.45) is 4.50. The van der Waals surface area contributed by atoms with Gasteiger partial charge in [0.2, 0.25) is 0 Å². The van der Waals surface area contributed by atoms with Crippen LogP contribution in [0.15, 0.2) is 34.9 Å². The summed E-state index contributed by atoms with van der Waals surface area (Å²) in [7, 11) is 0. The molecule has 0 N–H and O–H groups in total. The molecule has 0 aromatic heterocycles. The Bertz CT molecular complexity index is 301. The molecule has 0 fully saturated rings. The van der Waals surface area contributed by atoms with E-state index in [2.05, 4.69) is 6.58 Å². The molecule has 84 valence electrons. The zero-order valence-electron chi connectivity index (χ0n) is 9.47. The fourth-order valence-electron chi connectivity index (χ4n) is 0.809. The molecule has 0 amide bonds. The molecule has 15 heavy (non-hydrogen) atoms. The molecular formula is C12H17ClO2. The molecule has 0 aliphatic carbocycles. The summed E-state index contributed by atoms with van der Waals surface area (Å²) >= 11 is 5.89. The van der Waals surface area contributed by atoms with Crippen LogP contribution in [0.4, 0.5) is 0 Å². The highest BCUT2D eigenvalue weighted by Gasteiger charge is 1.94. The number of carbonyl (C=O) groups excluding carboxylic acids is 1. The third-order valence-corrected chi connectivity index (χ3v) is 2.21. The molecule has 0 heterocycles. The average Bonchev–Trinajstić information content (AvgIpc) is 2.13. The van der Waals surface area contributed by atoms with Crippen molar-refractivity contribution in [3.05, 3.63) is 34.9 Å². The first-order chi connectivity index (χ1) is 6.93. The van der Waals surface area contributed by atoms with Crippen molar-refractivity contribution in [2.75, 3.05) is 6.61 Å². The highest BCUT2D eigenvalue weighted by Crippen LogP contribution is 2.14. The van der Waals surface area contributed by atoms with E-state index in [1.807, 2.05) is 26.0 Å². The van der Waals surface area contributed by atoms with Gasteiger partial charge in [0, 0.05) is 12.0 Å². The summed E-state index contributed by atoms with van der Waals surface area (Å²) in [5.41, 5.74) is 1.96. The molecule has 0 rings (SSSR count). The Kier molecular flexibility index (Phi) is 6.80. The Morgan fingerprint density at radius 1 is 1.33 bits per heavy atom. The summed E-state index contributed by atoms with van der Waals surface area (Å²) < 4.78 is 4.78. The van der Waals surface area contributed by atoms with Crippen molar-refractivity contribution in [1.82, 2.24) is 0 Å². The number of halogens is 1. The monoisotopic (exact) mass is 228 g/mol.